The topological polar surface area (TPSA) is 70.2 Å². The molecule has 2 aromatic rings. The lowest BCUT2D eigenvalue weighted by atomic mass is 10.1. The average Bonchev–Trinajstić information content (AvgIpc) is 2.46. The fourth-order valence-electron chi connectivity index (χ4n) is 1.84. The van der Waals surface area contributed by atoms with Crippen molar-refractivity contribution in [2.75, 3.05) is 11.9 Å². The van der Waals surface area contributed by atoms with Crippen molar-refractivity contribution < 1.29 is 9.31 Å². The van der Waals surface area contributed by atoms with E-state index in [9.17, 15) is 14.5 Å². The quantitative estimate of drug-likeness (QED) is 0.633. The van der Waals surface area contributed by atoms with Gasteiger partial charge in [0.2, 0.25) is 0 Å². The fourth-order valence-corrected chi connectivity index (χ4v) is 1.84. The molecule has 100 valence electrons. The number of halogens is 1. The van der Waals surface area contributed by atoms with Crippen LogP contribution in [-0.2, 0) is 0 Å². The largest absolute Gasteiger partial charge is 0.342 e. The molecule has 20 heavy (non-hydrogen) atoms. The predicted octanol–water partition coefficient (Wildman–Crippen LogP) is 3.37. The van der Waals surface area contributed by atoms with Gasteiger partial charge in [-0.2, -0.15) is 5.26 Å². The molecule has 0 bridgehead atoms. The van der Waals surface area contributed by atoms with E-state index >= 15 is 0 Å². The number of hydrogen-bond acceptors (Lipinski definition) is 4. The minimum Gasteiger partial charge on any atom is -0.342 e. The normalized spacial score (nSPS) is 9.85. The van der Waals surface area contributed by atoms with E-state index in [4.69, 9.17) is 5.26 Å². The lowest BCUT2D eigenvalue weighted by molar-refractivity contribution is -0.385. The lowest BCUT2D eigenvalue weighted by Crippen LogP contribution is -2.11. The summed E-state index contributed by atoms with van der Waals surface area (Å²) in [6.07, 6.45) is 0. The predicted molar refractivity (Wildman–Crippen MR) is 72.3 cm³/mol. The highest BCUT2D eigenvalue weighted by atomic mass is 19.1. The summed E-state index contributed by atoms with van der Waals surface area (Å²) in [6.45, 7) is 0. The molecular weight excluding hydrogens is 261 g/mol. The Morgan fingerprint density at radius 1 is 1.30 bits per heavy atom. The first-order chi connectivity index (χ1) is 9.54. The Morgan fingerprint density at radius 3 is 2.60 bits per heavy atom. The summed E-state index contributed by atoms with van der Waals surface area (Å²) in [7, 11) is 1.63. The van der Waals surface area contributed by atoms with Crippen molar-refractivity contribution in [3.05, 3.63) is 64.0 Å². The monoisotopic (exact) mass is 271 g/mol. The number of rotatable bonds is 3. The molecule has 0 aliphatic rings. The molecule has 0 saturated heterocycles. The molecule has 0 aliphatic heterocycles. The third-order valence-electron chi connectivity index (χ3n) is 2.90. The van der Waals surface area contributed by atoms with Crippen LogP contribution in [0.3, 0.4) is 0 Å². The van der Waals surface area contributed by atoms with Crippen molar-refractivity contribution in [1.82, 2.24) is 0 Å². The highest BCUT2D eigenvalue weighted by Crippen LogP contribution is 2.29. The molecule has 0 unspecified atom stereocenters. The van der Waals surface area contributed by atoms with E-state index in [1.165, 1.54) is 29.2 Å². The van der Waals surface area contributed by atoms with Crippen molar-refractivity contribution in [2.45, 2.75) is 0 Å². The van der Waals surface area contributed by atoms with Crippen LogP contribution < -0.4 is 4.90 Å². The fraction of sp³-hybridized carbons (Fsp3) is 0.0714. The van der Waals surface area contributed by atoms with Crippen LogP contribution in [0.25, 0.3) is 0 Å². The van der Waals surface area contributed by atoms with Crippen LogP contribution in [0.2, 0.25) is 0 Å². The van der Waals surface area contributed by atoms with Gasteiger partial charge < -0.3 is 4.90 Å². The van der Waals surface area contributed by atoms with Gasteiger partial charge in [0.1, 0.15) is 17.4 Å². The average molecular weight is 271 g/mol. The van der Waals surface area contributed by atoms with E-state index in [2.05, 4.69) is 0 Å². The van der Waals surface area contributed by atoms with Crippen molar-refractivity contribution >= 4 is 17.1 Å². The second-order valence-electron chi connectivity index (χ2n) is 4.08. The Morgan fingerprint density at radius 2 is 2.00 bits per heavy atom. The van der Waals surface area contributed by atoms with E-state index in [-0.39, 0.29) is 11.3 Å². The zero-order chi connectivity index (χ0) is 14.7. The Bertz CT molecular complexity index is 710. The van der Waals surface area contributed by atoms with E-state index in [0.717, 1.165) is 0 Å². The SMILES string of the molecule is CN(c1ccc([N+](=O)[O-])c(C#N)c1)c1ccccc1F. The minimum atomic E-state index is -0.620. The van der Waals surface area contributed by atoms with Crippen LogP contribution in [0.5, 0.6) is 0 Å². The summed E-state index contributed by atoms with van der Waals surface area (Å²) >= 11 is 0. The van der Waals surface area contributed by atoms with Gasteiger partial charge in [0.15, 0.2) is 0 Å². The molecular formula is C14H10FN3O2. The van der Waals surface area contributed by atoms with E-state index in [1.807, 2.05) is 0 Å². The van der Waals surface area contributed by atoms with Crippen molar-refractivity contribution in [1.29, 1.82) is 5.26 Å². The number of benzene rings is 2. The molecule has 2 aromatic carbocycles. The lowest BCUT2D eigenvalue weighted by Gasteiger charge is -2.20. The number of nitrogens with zero attached hydrogens (tertiary/aromatic N) is 3. The van der Waals surface area contributed by atoms with Crippen LogP contribution in [-0.4, -0.2) is 12.0 Å². The molecule has 0 heterocycles. The Balaban J connectivity index is 2.47. The summed E-state index contributed by atoms with van der Waals surface area (Å²) in [4.78, 5) is 11.7. The van der Waals surface area contributed by atoms with Gasteiger partial charge in [0.25, 0.3) is 5.69 Å². The summed E-state index contributed by atoms with van der Waals surface area (Å²) in [6, 6.07) is 12.0. The van der Waals surface area contributed by atoms with Gasteiger partial charge in [0.05, 0.1) is 10.6 Å². The van der Waals surface area contributed by atoms with Gasteiger partial charge in [-0.1, -0.05) is 12.1 Å². The smallest absolute Gasteiger partial charge is 0.287 e. The van der Waals surface area contributed by atoms with Gasteiger partial charge >= 0.3 is 0 Å². The van der Waals surface area contributed by atoms with Gasteiger partial charge in [-0.25, -0.2) is 4.39 Å². The molecule has 0 aromatic heterocycles. The van der Waals surface area contributed by atoms with E-state index in [0.29, 0.717) is 11.4 Å². The molecule has 0 spiro atoms. The Labute approximate surface area is 114 Å². The number of nitro groups is 1. The van der Waals surface area contributed by atoms with Gasteiger partial charge in [-0.3, -0.25) is 10.1 Å². The number of anilines is 2. The van der Waals surface area contributed by atoms with Crippen LogP contribution in [0, 0.1) is 27.3 Å². The van der Waals surface area contributed by atoms with E-state index in [1.54, 1.807) is 31.3 Å². The van der Waals surface area contributed by atoms with Crippen molar-refractivity contribution in [3.8, 4) is 6.07 Å². The summed E-state index contributed by atoms with van der Waals surface area (Å²) in [5.41, 5.74) is 0.497. The molecule has 0 saturated carbocycles. The Kier molecular flexibility index (Phi) is 3.62. The maximum atomic E-state index is 13.7. The zero-order valence-electron chi connectivity index (χ0n) is 10.6. The van der Waals surface area contributed by atoms with Crippen molar-refractivity contribution in [2.24, 2.45) is 0 Å². The molecule has 6 heteroatoms. The van der Waals surface area contributed by atoms with E-state index < -0.39 is 10.7 Å². The number of nitro benzene ring substituents is 1. The van der Waals surface area contributed by atoms with Crippen LogP contribution in [0.15, 0.2) is 42.5 Å². The maximum Gasteiger partial charge on any atom is 0.287 e. The standard InChI is InChI=1S/C14H10FN3O2/c1-17(14-5-3-2-4-12(14)15)11-6-7-13(18(19)20)10(8-11)9-16/h2-8H,1H3. The second kappa shape index (κ2) is 5.36. The Hall–Kier alpha value is -2.94. The molecule has 5 nitrogen and oxygen atoms in total. The summed E-state index contributed by atoms with van der Waals surface area (Å²) in [5, 5.41) is 19.7. The molecule has 0 atom stereocenters. The van der Waals surface area contributed by atoms with Crippen LogP contribution in [0.1, 0.15) is 5.56 Å². The number of hydrogen-bond donors (Lipinski definition) is 0. The first-order valence-corrected chi connectivity index (χ1v) is 5.71. The minimum absolute atomic E-state index is 0.0595. The first kappa shape index (κ1) is 13.5. The van der Waals surface area contributed by atoms with Crippen molar-refractivity contribution in [3.63, 3.8) is 0 Å². The molecule has 0 radical (unpaired) electrons. The molecule has 2 rings (SSSR count). The molecule has 0 aliphatic carbocycles. The highest BCUT2D eigenvalue weighted by molar-refractivity contribution is 5.67. The second-order valence-corrected chi connectivity index (χ2v) is 4.08. The number of nitriles is 1. The summed E-state index contributed by atoms with van der Waals surface area (Å²) in [5.74, 6) is -0.410. The highest BCUT2D eigenvalue weighted by Gasteiger charge is 2.16. The van der Waals surface area contributed by atoms with Crippen LogP contribution >= 0.6 is 0 Å². The summed E-state index contributed by atoms with van der Waals surface area (Å²) < 4.78 is 13.7. The zero-order valence-corrected chi connectivity index (χ0v) is 10.6. The van der Waals surface area contributed by atoms with Crippen LogP contribution in [0.4, 0.5) is 21.5 Å². The first-order valence-electron chi connectivity index (χ1n) is 5.71. The van der Waals surface area contributed by atoms with Gasteiger partial charge in [0, 0.05) is 18.8 Å². The third-order valence-corrected chi connectivity index (χ3v) is 2.90. The molecule has 0 fully saturated rings. The van der Waals surface area contributed by atoms with Gasteiger partial charge in [-0.05, 0) is 24.3 Å². The van der Waals surface area contributed by atoms with Gasteiger partial charge in [-0.15, -0.1) is 0 Å². The molecule has 0 amide bonds. The third kappa shape index (κ3) is 2.42. The maximum absolute atomic E-state index is 13.7. The number of para-hydroxylation sites is 1. The molecule has 0 N–H and O–H groups in total.